The van der Waals surface area contributed by atoms with E-state index in [1.807, 2.05) is 0 Å². The molecule has 0 bridgehead atoms. The summed E-state index contributed by atoms with van der Waals surface area (Å²) in [6.45, 7) is 4.03. The van der Waals surface area contributed by atoms with Gasteiger partial charge in [-0.15, -0.1) is 0 Å². The molecule has 0 aliphatic rings. The molecule has 8 heteroatoms. The first kappa shape index (κ1) is 24.5. The molecule has 0 aliphatic heterocycles. The summed E-state index contributed by atoms with van der Waals surface area (Å²) in [4.78, 5) is 24.4. The Morgan fingerprint density at radius 2 is 1.09 bits per heavy atom. The molecule has 0 atom stereocenters. The number of carbonyl (C=O) groups excluding carboxylic acids is 2. The van der Waals surface area contributed by atoms with Gasteiger partial charge in [0.2, 0.25) is 0 Å². The summed E-state index contributed by atoms with van der Waals surface area (Å²) in [6, 6.07) is 13.7. The zero-order valence-corrected chi connectivity index (χ0v) is 22.6. The van der Waals surface area contributed by atoms with Gasteiger partial charge in [0.05, 0.1) is 31.5 Å². The lowest BCUT2D eigenvalue weighted by atomic mass is 9.95. The van der Waals surface area contributed by atoms with Crippen molar-refractivity contribution in [3.63, 3.8) is 0 Å². The Morgan fingerprint density at radius 1 is 0.706 bits per heavy atom. The Kier molecular flexibility index (Phi) is 7.17. The number of hydrogen-bond donors (Lipinski definition) is 2. The van der Waals surface area contributed by atoms with E-state index in [1.54, 1.807) is 62.4 Å². The summed E-state index contributed by atoms with van der Waals surface area (Å²) in [5.41, 5.74) is 1.63. The van der Waals surface area contributed by atoms with Gasteiger partial charge in [-0.2, -0.15) is 0 Å². The fourth-order valence-corrected chi connectivity index (χ4v) is 5.36. The molecule has 4 aromatic carbocycles. The zero-order chi connectivity index (χ0) is 24.6. The molecule has 6 nitrogen and oxygen atoms in total. The van der Waals surface area contributed by atoms with E-state index in [-0.39, 0.29) is 24.7 Å². The van der Waals surface area contributed by atoms with Crippen molar-refractivity contribution in [1.29, 1.82) is 0 Å². The monoisotopic (exact) mass is 682 g/mol. The van der Waals surface area contributed by atoms with Crippen molar-refractivity contribution in [2.75, 3.05) is 13.2 Å². The lowest BCUT2D eigenvalue weighted by Gasteiger charge is -2.15. The van der Waals surface area contributed by atoms with Gasteiger partial charge in [-0.1, -0.05) is 12.1 Å². The van der Waals surface area contributed by atoms with Crippen LogP contribution < -0.4 is 0 Å². The predicted octanol–water partition coefficient (Wildman–Crippen LogP) is 6.63. The number of phenolic OH excluding ortho intramolecular Hbond substituents is 2. The van der Waals surface area contributed by atoms with E-state index in [0.717, 1.165) is 21.5 Å². The maximum absolute atomic E-state index is 12.2. The van der Waals surface area contributed by atoms with Crippen LogP contribution in [0.4, 0.5) is 0 Å². The van der Waals surface area contributed by atoms with Crippen molar-refractivity contribution < 1.29 is 29.3 Å². The third-order valence-corrected chi connectivity index (χ3v) is 7.60. The highest BCUT2D eigenvalue weighted by molar-refractivity contribution is 14.1. The zero-order valence-electron chi connectivity index (χ0n) is 18.3. The van der Waals surface area contributed by atoms with Crippen LogP contribution in [-0.4, -0.2) is 35.4 Å². The summed E-state index contributed by atoms with van der Waals surface area (Å²) < 4.78 is 11.4. The number of esters is 2. The van der Waals surface area contributed by atoms with Gasteiger partial charge >= 0.3 is 11.9 Å². The van der Waals surface area contributed by atoms with Crippen molar-refractivity contribution >= 4 is 78.7 Å². The Labute approximate surface area is 223 Å². The van der Waals surface area contributed by atoms with E-state index in [9.17, 15) is 19.8 Å². The molecule has 0 radical (unpaired) electrons. The van der Waals surface area contributed by atoms with Gasteiger partial charge in [0.25, 0.3) is 0 Å². The van der Waals surface area contributed by atoms with Crippen LogP contribution in [0.25, 0.3) is 32.7 Å². The van der Waals surface area contributed by atoms with Gasteiger partial charge in [0.1, 0.15) is 11.5 Å². The topological polar surface area (TPSA) is 93.1 Å². The third-order valence-electron chi connectivity index (χ3n) is 5.41. The largest absolute Gasteiger partial charge is 0.506 e. The number of rotatable bonds is 5. The standard InChI is InChI=1S/C26H20I2O6/c1-3-33-25(31)13-5-7-17-15(9-13)11-19(23(29)21(17)27)20-12-16-10-14(26(32)34-4-2)6-8-18(16)22(28)24(20)30/h5-12,29-30H,3-4H2,1-2H3. The van der Waals surface area contributed by atoms with Crippen molar-refractivity contribution in [2.45, 2.75) is 13.8 Å². The van der Waals surface area contributed by atoms with Crippen LogP contribution >= 0.6 is 45.2 Å². The smallest absolute Gasteiger partial charge is 0.338 e. The van der Waals surface area contributed by atoms with Crippen LogP contribution in [0.2, 0.25) is 0 Å². The molecule has 0 heterocycles. The third kappa shape index (κ3) is 4.40. The quantitative estimate of drug-likeness (QED) is 0.181. The van der Waals surface area contributed by atoms with Gasteiger partial charge in [-0.25, -0.2) is 9.59 Å². The summed E-state index contributed by atoms with van der Waals surface area (Å²) in [5.74, 6) is -0.819. The van der Waals surface area contributed by atoms with E-state index >= 15 is 0 Å². The second kappa shape index (κ2) is 9.95. The Hall–Kier alpha value is -2.60. The summed E-state index contributed by atoms with van der Waals surface area (Å²) in [5, 5.41) is 25.0. The molecule has 0 aliphatic carbocycles. The first-order valence-corrected chi connectivity index (χ1v) is 12.7. The van der Waals surface area contributed by atoms with Crippen LogP contribution in [0.15, 0.2) is 48.5 Å². The molecule has 0 spiro atoms. The van der Waals surface area contributed by atoms with Crippen molar-refractivity contribution in [3.8, 4) is 22.6 Å². The maximum atomic E-state index is 12.2. The number of fused-ring (bicyclic) bond motifs is 2. The van der Waals surface area contributed by atoms with E-state index < -0.39 is 11.9 Å². The number of ether oxygens (including phenoxy) is 2. The maximum Gasteiger partial charge on any atom is 0.338 e. The van der Waals surface area contributed by atoms with Crippen LogP contribution in [0.1, 0.15) is 34.6 Å². The molecule has 0 saturated carbocycles. The van der Waals surface area contributed by atoms with E-state index in [0.29, 0.717) is 29.4 Å². The molecule has 4 rings (SSSR count). The minimum atomic E-state index is -0.427. The molecule has 0 amide bonds. The second-order valence-electron chi connectivity index (χ2n) is 7.49. The van der Waals surface area contributed by atoms with Gasteiger partial charge in [-0.3, -0.25) is 0 Å². The number of carbonyl (C=O) groups is 2. The summed E-state index contributed by atoms with van der Waals surface area (Å²) in [6.07, 6.45) is 0. The molecule has 0 saturated heterocycles. The first-order valence-electron chi connectivity index (χ1n) is 10.5. The number of hydrogen-bond acceptors (Lipinski definition) is 6. The Bertz CT molecular complexity index is 1350. The average Bonchev–Trinajstić information content (AvgIpc) is 2.83. The van der Waals surface area contributed by atoms with Gasteiger partial charge in [0.15, 0.2) is 0 Å². The molecular weight excluding hydrogens is 662 g/mol. The van der Waals surface area contributed by atoms with E-state index in [2.05, 4.69) is 45.2 Å². The van der Waals surface area contributed by atoms with Gasteiger partial charge in [-0.05, 0) is 117 Å². The lowest BCUT2D eigenvalue weighted by Crippen LogP contribution is -2.04. The van der Waals surface area contributed by atoms with Crippen molar-refractivity contribution in [3.05, 3.63) is 66.8 Å². The first-order chi connectivity index (χ1) is 16.3. The molecule has 34 heavy (non-hydrogen) atoms. The minimum Gasteiger partial charge on any atom is -0.506 e. The van der Waals surface area contributed by atoms with Crippen LogP contribution in [-0.2, 0) is 9.47 Å². The minimum absolute atomic E-state index is 0.0176. The highest BCUT2D eigenvalue weighted by Gasteiger charge is 2.20. The van der Waals surface area contributed by atoms with Crippen LogP contribution in [0.3, 0.4) is 0 Å². The molecule has 0 aromatic heterocycles. The van der Waals surface area contributed by atoms with Gasteiger partial charge < -0.3 is 19.7 Å². The summed E-state index contributed by atoms with van der Waals surface area (Å²) in [7, 11) is 0. The average molecular weight is 682 g/mol. The van der Waals surface area contributed by atoms with Crippen LogP contribution in [0.5, 0.6) is 11.5 Å². The Morgan fingerprint density at radius 3 is 1.44 bits per heavy atom. The van der Waals surface area contributed by atoms with Gasteiger partial charge in [0, 0.05) is 11.1 Å². The fraction of sp³-hybridized carbons (Fsp3) is 0.154. The normalized spacial score (nSPS) is 11.1. The lowest BCUT2D eigenvalue weighted by molar-refractivity contribution is 0.0517. The highest BCUT2D eigenvalue weighted by atomic mass is 127. The predicted molar refractivity (Wildman–Crippen MR) is 148 cm³/mol. The summed E-state index contributed by atoms with van der Waals surface area (Å²) >= 11 is 4.10. The number of halogens is 2. The fourth-order valence-electron chi connectivity index (χ4n) is 3.80. The van der Waals surface area contributed by atoms with E-state index in [4.69, 9.17) is 9.47 Å². The number of aromatic hydroxyl groups is 2. The molecule has 0 fully saturated rings. The SMILES string of the molecule is CCOC(=O)c1ccc2c(I)c(O)c(-c3cc4cc(C(=O)OCC)ccc4c(I)c3O)cc2c1. The Balaban J connectivity index is 1.94. The van der Waals surface area contributed by atoms with Crippen molar-refractivity contribution in [2.24, 2.45) is 0 Å². The molecule has 0 unspecified atom stereocenters. The second-order valence-corrected chi connectivity index (χ2v) is 9.64. The molecular formula is C26H20I2O6. The highest BCUT2D eigenvalue weighted by Crippen LogP contribution is 2.45. The molecule has 174 valence electrons. The molecule has 2 N–H and O–H groups in total. The number of phenols is 2. The molecule has 4 aromatic rings. The van der Waals surface area contributed by atoms with E-state index in [1.165, 1.54) is 0 Å². The van der Waals surface area contributed by atoms with Crippen molar-refractivity contribution in [1.82, 2.24) is 0 Å². The van der Waals surface area contributed by atoms with Crippen LogP contribution in [0, 0.1) is 7.14 Å². The number of benzene rings is 4.